The largest absolute Gasteiger partial charge is 0.393 e. The predicted molar refractivity (Wildman–Crippen MR) is 108 cm³/mol. The van der Waals surface area contributed by atoms with Crippen LogP contribution in [0.3, 0.4) is 0 Å². The van der Waals surface area contributed by atoms with Gasteiger partial charge in [-0.2, -0.15) is 0 Å². The molecule has 3 fully saturated rings. The van der Waals surface area contributed by atoms with Gasteiger partial charge in [0.2, 0.25) is 0 Å². The Morgan fingerprint density at radius 1 is 1.10 bits per heavy atom. The average molecular weight is 395 g/mol. The Hall–Kier alpha value is -2.08. The van der Waals surface area contributed by atoms with Crippen LogP contribution in [0, 0.1) is 23.6 Å². The van der Waals surface area contributed by atoms with Crippen molar-refractivity contribution >= 4 is 6.08 Å². The Bertz CT molecular complexity index is 891. The van der Waals surface area contributed by atoms with Gasteiger partial charge in [0.1, 0.15) is 5.82 Å². The fraction of sp³-hybridized carbons (Fsp3) is 0.458. The van der Waals surface area contributed by atoms with Gasteiger partial charge in [-0.1, -0.05) is 24.3 Å². The maximum Gasteiger partial charge on any atom is 0.175 e. The fourth-order valence-electron chi connectivity index (χ4n) is 5.41. The van der Waals surface area contributed by atoms with E-state index < -0.39 is 5.79 Å². The van der Waals surface area contributed by atoms with E-state index in [9.17, 15) is 9.50 Å². The molecule has 0 radical (unpaired) electrons. The van der Waals surface area contributed by atoms with Crippen LogP contribution >= 0.6 is 0 Å². The smallest absolute Gasteiger partial charge is 0.175 e. The summed E-state index contributed by atoms with van der Waals surface area (Å²) in [7, 11) is 0. The third-order valence-electron chi connectivity index (χ3n) is 6.72. The molecule has 1 spiro atoms. The summed E-state index contributed by atoms with van der Waals surface area (Å²) in [6.07, 6.45) is 9.36. The monoisotopic (exact) mass is 395 g/mol. The van der Waals surface area contributed by atoms with E-state index in [1.807, 2.05) is 24.3 Å². The number of nitrogens with zero attached hydrogens (tertiary/aromatic N) is 1. The summed E-state index contributed by atoms with van der Waals surface area (Å²) in [5, 5.41) is 10.1. The summed E-state index contributed by atoms with van der Waals surface area (Å²) < 4.78 is 25.7. The maximum atomic E-state index is 13.5. The molecular formula is C24H26FNO3. The first-order valence-electron chi connectivity index (χ1n) is 10.5. The van der Waals surface area contributed by atoms with Crippen molar-refractivity contribution in [2.24, 2.45) is 17.8 Å². The Labute approximate surface area is 170 Å². The Balaban J connectivity index is 1.37. The molecule has 0 amide bonds. The lowest BCUT2D eigenvalue weighted by Crippen LogP contribution is -2.35. The lowest BCUT2D eigenvalue weighted by molar-refractivity contribution is -0.175. The maximum absolute atomic E-state index is 13.5. The first kappa shape index (κ1) is 18.9. The van der Waals surface area contributed by atoms with Crippen molar-refractivity contribution in [2.75, 3.05) is 13.2 Å². The molecule has 2 aromatic rings. The van der Waals surface area contributed by atoms with Gasteiger partial charge in [-0.05, 0) is 60.9 Å². The van der Waals surface area contributed by atoms with Crippen LogP contribution < -0.4 is 0 Å². The van der Waals surface area contributed by atoms with E-state index in [0.29, 0.717) is 25.0 Å². The minimum Gasteiger partial charge on any atom is -0.393 e. The van der Waals surface area contributed by atoms with Gasteiger partial charge in [0.25, 0.3) is 0 Å². The lowest BCUT2D eigenvalue weighted by Gasteiger charge is -2.32. The van der Waals surface area contributed by atoms with Crippen LogP contribution in [0.4, 0.5) is 4.39 Å². The molecule has 2 saturated carbocycles. The van der Waals surface area contributed by atoms with Crippen molar-refractivity contribution in [1.82, 2.24) is 4.98 Å². The number of aromatic nitrogens is 1. The van der Waals surface area contributed by atoms with E-state index in [0.717, 1.165) is 42.5 Å². The summed E-state index contributed by atoms with van der Waals surface area (Å²) >= 11 is 0. The van der Waals surface area contributed by atoms with Crippen LogP contribution in [0.25, 0.3) is 17.2 Å². The molecule has 1 aromatic carbocycles. The molecule has 152 valence electrons. The van der Waals surface area contributed by atoms with E-state index in [4.69, 9.17) is 9.47 Å². The van der Waals surface area contributed by atoms with Gasteiger partial charge in [-0.3, -0.25) is 4.98 Å². The van der Waals surface area contributed by atoms with Gasteiger partial charge in [0.05, 0.1) is 25.0 Å². The van der Waals surface area contributed by atoms with Crippen LogP contribution in [-0.2, 0) is 9.47 Å². The molecule has 1 aliphatic heterocycles. The zero-order chi connectivity index (χ0) is 19.8. The summed E-state index contributed by atoms with van der Waals surface area (Å²) in [6, 6.07) is 10.5. The minimum absolute atomic E-state index is 0.173. The SMILES string of the molecule is O[C@H]1CC[C@H]2[C@H](C1)CC1(OCCO1)[C@H]2C=Cc1ccc(-c2cccc(F)c2)cn1. The van der Waals surface area contributed by atoms with E-state index in [1.54, 1.807) is 12.3 Å². The molecule has 29 heavy (non-hydrogen) atoms. The highest BCUT2D eigenvalue weighted by molar-refractivity contribution is 5.63. The molecule has 0 bridgehead atoms. The summed E-state index contributed by atoms with van der Waals surface area (Å²) in [5.74, 6) is 0.292. The highest BCUT2D eigenvalue weighted by Gasteiger charge is 2.57. The number of aliphatic hydroxyl groups is 1. The zero-order valence-corrected chi connectivity index (χ0v) is 16.3. The van der Waals surface area contributed by atoms with Crippen LogP contribution in [0.2, 0.25) is 0 Å². The molecule has 2 aliphatic carbocycles. The molecule has 4 nitrogen and oxygen atoms in total. The van der Waals surface area contributed by atoms with Crippen molar-refractivity contribution < 1.29 is 19.0 Å². The third-order valence-corrected chi connectivity index (χ3v) is 6.72. The van der Waals surface area contributed by atoms with Crippen LogP contribution in [0.5, 0.6) is 0 Å². The van der Waals surface area contributed by atoms with Crippen LogP contribution in [0.15, 0.2) is 48.7 Å². The molecule has 0 unspecified atom stereocenters. The number of fused-ring (bicyclic) bond motifs is 1. The number of rotatable bonds is 3. The first-order chi connectivity index (χ1) is 14.1. The second-order valence-corrected chi connectivity index (χ2v) is 8.47. The second kappa shape index (κ2) is 7.63. The van der Waals surface area contributed by atoms with Crippen LogP contribution in [0.1, 0.15) is 31.4 Å². The zero-order valence-electron chi connectivity index (χ0n) is 16.3. The van der Waals surface area contributed by atoms with Crippen molar-refractivity contribution in [1.29, 1.82) is 0 Å². The van der Waals surface area contributed by atoms with Gasteiger partial charge in [-0.25, -0.2) is 4.39 Å². The highest BCUT2D eigenvalue weighted by atomic mass is 19.1. The first-order valence-corrected chi connectivity index (χ1v) is 10.5. The second-order valence-electron chi connectivity index (χ2n) is 8.47. The molecule has 5 heteroatoms. The van der Waals surface area contributed by atoms with E-state index in [2.05, 4.69) is 11.1 Å². The van der Waals surface area contributed by atoms with Crippen LogP contribution in [-0.4, -0.2) is 35.2 Å². The Morgan fingerprint density at radius 3 is 2.72 bits per heavy atom. The van der Waals surface area contributed by atoms with Gasteiger partial charge < -0.3 is 14.6 Å². The number of hydrogen-bond donors (Lipinski definition) is 1. The Kier molecular flexibility index (Phi) is 4.98. The number of pyridine rings is 1. The number of ether oxygens (including phenoxy) is 2. The van der Waals surface area contributed by atoms with Crippen molar-refractivity contribution in [3.8, 4) is 11.1 Å². The van der Waals surface area contributed by atoms with Gasteiger partial charge in [0, 0.05) is 24.1 Å². The molecule has 2 heterocycles. The minimum atomic E-state index is -0.544. The number of benzene rings is 1. The van der Waals surface area contributed by atoms with E-state index in [1.165, 1.54) is 12.1 Å². The highest BCUT2D eigenvalue weighted by Crippen LogP contribution is 2.55. The van der Waals surface area contributed by atoms with E-state index in [-0.39, 0.29) is 17.8 Å². The molecule has 3 aliphatic rings. The number of halogens is 1. The molecule has 1 aromatic heterocycles. The third kappa shape index (κ3) is 3.63. The topological polar surface area (TPSA) is 51.6 Å². The lowest BCUT2D eigenvalue weighted by atomic mass is 9.76. The standard InChI is InChI=1S/C24H26FNO3/c25-19-3-1-2-16(12-19)17-4-5-20(26-15-17)6-9-23-22-8-7-21(27)13-18(22)14-24(23)28-10-11-29-24/h1-6,9,12,15,18,21-23,27H,7-8,10-11,13-14H2/t18-,21+,22+,23+/m1/s1. The van der Waals surface area contributed by atoms with Gasteiger partial charge in [0.15, 0.2) is 5.79 Å². The number of aliphatic hydroxyl groups excluding tert-OH is 1. The summed E-state index contributed by atoms with van der Waals surface area (Å²) in [4.78, 5) is 4.55. The molecule has 1 N–H and O–H groups in total. The van der Waals surface area contributed by atoms with E-state index >= 15 is 0 Å². The van der Waals surface area contributed by atoms with Gasteiger partial charge >= 0.3 is 0 Å². The Morgan fingerprint density at radius 2 is 1.97 bits per heavy atom. The molecular weight excluding hydrogens is 369 g/mol. The van der Waals surface area contributed by atoms with Crippen molar-refractivity contribution in [2.45, 2.75) is 37.6 Å². The predicted octanol–water partition coefficient (Wildman–Crippen LogP) is 4.44. The van der Waals surface area contributed by atoms with Crippen molar-refractivity contribution in [3.05, 3.63) is 60.2 Å². The molecule has 4 atom stereocenters. The average Bonchev–Trinajstić information content (AvgIpc) is 3.31. The fourth-order valence-corrected chi connectivity index (χ4v) is 5.41. The van der Waals surface area contributed by atoms with Crippen molar-refractivity contribution in [3.63, 3.8) is 0 Å². The molecule has 1 saturated heterocycles. The van der Waals surface area contributed by atoms with Gasteiger partial charge in [-0.15, -0.1) is 0 Å². The normalized spacial score (nSPS) is 30.8. The summed E-state index contributed by atoms with van der Waals surface area (Å²) in [6.45, 7) is 1.26. The number of hydrogen-bond acceptors (Lipinski definition) is 4. The quantitative estimate of drug-likeness (QED) is 0.835. The summed E-state index contributed by atoms with van der Waals surface area (Å²) in [5.41, 5.74) is 2.57. The molecule has 5 rings (SSSR count).